The number of urea groups is 1. The van der Waals surface area contributed by atoms with E-state index in [9.17, 15) is 9.59 Å². The fraction of sp³-hybridized carbons (Fsp3) is 0.846. The van der Waals surface area contributed by atoms with E-state index in [-0.39, 0.29) is 17.5 Å². The van der Waals surface area contributed by atoms with Crippen LogP contribution in [-0.4, -0.2) is 28.7 Å². The highest BCUT2D eigenvalue weighted by Gasteiger charge is 2.37. The zero-order valence-electron chi connectivity index (χ0n) is 11.5. The number of rotatable bonds is 6. The normalized spacial score (nSPS) is 20.4. The van der Waals surface area contributed by atoms with Crippen molar-refractivity contribution in [3.8, 4) is 0 Å². The molecule has 0 radical (unpaired) electrons. The number of amides is 2. The van der Waals surface area contributed by atoms with Crippen molar-refractivity contribution in [2.24, 2.45) is 5.92 Å². The third kappa shape index (κ3) is 3.37. The maximum atomic E-state index is 11.9. The van der Waals surface area contributed by atoms with Gasteiger partial charge in [0.1, 0.15) is 6.04 Å². The predicted molar refractivity (Wildman–Crippen MR) is 69.4 cm³/mol. The Labute approximate surface area is 108 Å². The van der Waals surface area contributed by atoms with Crippen molar-refractivity contribution >= 4 is 12.0 Å². The first-order valence-electron chi connectivity index (χ1n) is 6.75. The first kappa shape index (κ1) is 14.8. The van der Waals surface area contributed by atoms with E-state index in [0.29, 0.717) is 0 Å². The molecule has 0 spiro atoms. The summed E-state index contributed by atoms with van der Waals surface area (Å²) in [6, 6.07) is -1.17. The van der Waals surface area contributed by atoms with Crippen molar-refractivity contribution in [2.45, 2.75) is 64.5 Å². The molecule has 18 heavy (non-hydrogen) atoms. The second kappa shape index (κ2) is 6.07. The second-order valence-electron chi connectivity index (χ2n) is 5.29. The quantitative estimate of drug-likeness (QED) is 0.681. The Morgan fingerprint density at radius 1 is 1.33 bits per heavy atom. The molecule has 0 aromatic carbocycles. The number of carbonyl (C=O) groups is 2. The number of nitrogens with one attached hydrogen (secondary N) is 2. The molecule has 104 valence electrons. The van der Waals surface area contributed by atoms with Gasteiger partial charge < -0.3 is 15.7 Å². The summed E-state index contributed by atoms with van der Waals surface area (Å²) in [6.45, 7) is 5.79. The van der Waals surface area contributed by atoms with Crippen LogP contribution in [0.1, 0.15) is 52.9 Å². The van der Waals surface area contributed by atoms with Gasteiger partial charge in [-0.2, -0.15) is 0 Å². The molecule has 0 heterocycles. The Morgan fingerprint density at radius 2 is 1.94 bits per heavy atom. The summed E-state index contributed by atoms with van der Waals surface area (Å²) in [5.41, 5.74) is -0.109. The monoisotopic (exact) mass is 256 g/mol. The lowest BCUT2D eigenvalue weighted by Gasteiger charge is -2.42. The molecule has 0 aliphatic heterocycles. The molecule has 5 nitrogen and oxygen atoms in total. The molecule has 0 bridgehead atoms. The van der Waals surface area contributed by atoms with E-state index in [4.69, 9.17) is 5.11 Å². The van der Waals surface area contributed by atoms with Crippen molar-refractivity contribution in [1.29, 1.82) is 0 Å². The van der Waals surface area contributed by atoms with Gasteiger partial charge in [0.2, 0.25) is 0 Å². The molecule has 1 aliphatic carbocycles. The minimum Gasteiger partial charge on any atom is -0.480 e. The highest BCUT2D eigenvalue weighted by atomic mass is 16.4. The molecule has 1 fully saturated rings. The van der Waals surface area contributed by atoms with Crippen LogP contribution < -0.4 is 10.6 Å². The maximum Gasteiger partial charge on any atom is 0.326 e. The summed E-state index contributed by atoms with van der Waals surface area (Å²) in [7, 11) is 0. The summed E-state index contributed by atoms with van der Waals surface area (Å²) in [6.07, 6.45) is 4.70. The molecule has 1 saturated carbocycles. The van der Waals surface area contributed by atoms with Crippen molar-refractivity contribution in [3.63, 3.8) is 0 Å². The Kier molecular flexibility index (Phi) is 4.99. The van der Waals surface area contributed by atoms with E-state index >= 15 is 0 Å². The minimum absolute atomic E-state index is 0.0767. The average molecular weight is 256 g/mol. The lowest BCUT2D eigenvalue weighted by Crippen LogP contribution is -2.58. The molecule has 1 rings (SSSR count). The van der Waals surface area contributed by atoms with Crippen molar-refractivity contribution in [2.75, 3.05) is 0 Å². The number of carboxylic acids is 1. The fourth-order valence-corrected chi connectivity index (χ4v) is 2.27. The molecular formula is C13H24N2O3. The van der Waals surface area contributed by atoms with Crippen LogP contribution in [0.5, 0.6) is 0 Å². The fourth-order valence-electron chi connectivity index (χ4n) is 2.27. The minimum atomic E-state index is -0.973. The van der Waals surface area contributed by atoms with Gasteiger partial charge in [0, 0.05) is 5.54 Å². The first-order chi connectivity index (χ1) is 8.44. The molecule has 0 unspecified atom stereocenters. The van der Waals surface area contributed by atoms with Gasteiger partial charge in [-0.3, -0.25) is 0 Å². The van der Waals surface area contributed by atoms with E-state index in [1.165, 1.54) is 0 Å². The van der Waals surface area contributed by atoms with E-state index in [1.54, 1.807) is 0 Å². The first-order valence-corrected chi connectivity index (χ1v) is 6.75. The van der Waals surface area contributed by atoms with Crippen LogP contribution in [-0.2, 0) is 4.79 Å². The van der Waals surface area contributed by atoms with Gasteiger partial charge in [-0.05, 0) is 31.6 Å². The third-order valence-electron chi connectivity index (χ3n) is 4.13. The molecule has 3 N–H and O–H groups in total. The number of hydrogen-bond acceptors (Lipinski definition) is 2. The molecule has 2 amide bonds. The Bertz CT molecular complexity index is 308. The zero-order valence-corrected chi connectivity index (χ0v) is 11.5. The maximum absolute atomic E-state index is 11.9. The predicted octanol–water partition coefficient (Wildman–Crippen LogP) is 2.12. The van der Waals surface area contributed by atoms with Gasteiger partial charge in [-0.25, -0.2) is 9.59 Å². The SMILES string of the molecule is CC[C@H](C)[C@H](NC(=O)NC1(CC)CCC1)C(=O)O. The summed E-state index contributed by atoms with van der Waals surface area (Å²) in [5, 5.41) is 14.6. The van der Waals surface area contributed by atoms with E-state index in [2.05, 4.69) is 10.6 Å². The van der Waals surface area contributed by atoms with Crippen LogP contribution >= 0.6 is 0 Å². The van der Waals surface area contributed by atoms with Gasteiger partial charge in [0.05, 0.1) is 0 Å². The molecule has 0 aromatic rings. The van der Waals surface area contributed by atoms with Crippen LogP contribution in [0.25, 0.3) is 0 Å². The molecule has 0 saturated heterocycles. The number of aliphatic carboxylic acids is 1. The summed E-state index contributed by atoms with van der Waals surface area (Å²) in [5.74, 6) is -1.05. The molecule has 1 aliphatic rings. The van der Waals surface area contributed by atoms with Crippen LogP contribution in [0.4, 0.5) is 4.79 Å². The zero-order chi connectivity index (χ0) is 13.8. The lowest BCUT2D eigenvalue weighted by atomic mass is 9.75. The average Bonchev–Trinajstić information content (AvgIpc) is 2.29. The summed E-state index contributed by atoms with van der Waals surface area (Å²) in [4.78, 5) is 23.0. The highest BCUT2D eigenvalue weighted by Crippen LogP contribution is 2.34. The van der Waals surface area contributed by atoms with E-state index in [0.717, 1.165) is 32.1 Å². The number of carbonyl (C=O) groups excluding carboxylic acids is 1. The Balaban J connectivity index is 2.53. The van der Waals surface area contributed by atoms with Gasteiger partial charge in [0.25, 0.3) is 0 Å². The smallest absolute Gasteiger partial charge is 0.326 e. The molecule has 2 atom stereocenters. The van der Waals surface area contributed by atoms with Crippen molar-refractivity contribution in [3.05, 3.63) is 0 Å². The second-order valence-corrected chi connectivity index (χ2v) is 5.29. The number of hydrogen-bond donors (Lipinski definition) is 3. The summed E-state index contributed by atoms with van der Waals surface area (Å²) >= 11 is 0. The van der Waals surface area contributed by atoms with Crippen LogP contribution in [0.2, 0.25) is 0 Å². The third-order valence-corrected chi connectivity index (χ3v) is 4.13. The topological polar surface area (TPSA) is 78.4 Å². The largest absolute Gasteiger partial charge is 0.480 e. The standard InChI is InChI=1S/C13H24N2O3/c1-4-9(3)10(11(16)17)14-12(18)15-13(5-2)7-6-8-13/h9-10H,4-8H2,1-3H3,(H,16,17)(H2,14,15,18)/t9-,10-/m0/s1. The molecule has 5 heteroatoms. The summed E-state index contributed by atoms with van der Waals surface area (Å²) < 4.78 is 0. The van der Waals surface area contributed by atoms with Gasteiger partial charge >= 0.3 is 12.0 Å². The lowest BCUT2D eigenvalue weighted by molar-refractivity contribution is -0.140. The van der Waals surface area contributed by atoms with E-state index in [1.807, 2.05) is 20.8 Å². The molecular weight excluding hydrogens is 232 g/mol. The van der Waals surface area contributed by atoms with Gasteiger partial charge in [-0.15, -0.1) is 0 Å². The Hall–Kier alpha value is -1.26. The van der Waals surface area contributed by atoms with Gasteiger partial charge in [-0.1, -0.05) is 27.2 Å². The Morgan fingerprint density at radius 3 is 2.28 bits per heavy atom. The van der Waals surface area contributed by atoms with Crippen molar-refractivity contribution < 1.29 is 14.7 Å². The van der Waals surface area contributed by atoms with Gasteiger partial charge in [0.15, 0.2) is 0 Å². The number of carboxylic acid groups (broad SMARTS) is 1. The van der Waals surface area contributed by atoms with Crippen molar-refractivity contribution in [1.82, 2.24) is 10.6 Å². The molecule has 0 aromatic heterocycles. The van der Waals surface area contributed by atoms with Crippen LogP contribution in [0.15, 0.2) is 0 Å². The highest BCUT2D eigenvalue weighted by molar-refractivity contribution is 5.83. The van der Waals surface area contributed by atoms with Crippen LogP contribution in [0.3, 0.4) is 0 Å². The van der Waals surface area contributed by atoms with Crippen LogP contribution in [0, 0.1) is 5.92 Å². The van der Waals surface area contributed by atoms with E-state index < -0.39 is 12.0 Å².